The summed E-state index contributed by atoms with van der Waals surface area (Å²) in [5.41, 5.74) is 5.67. The Labute approximate surface area is 108 Å². The average Bonchev–Trinajstić information content (AvgIpc) is 2.35. The Morgan fingerprint density at radius 3 is 2.61 bits per heavy atom. The van der Waals surface area contributed by atoms with Gasteiger partial charge in [0.25, 0.3) is 5.56 Å². The summed E-state index contributed by atoms with van der Waals surface area (Å²) in [6, 6.07) is 1.55. The van der Waals surface area contributed by atoms with Crippen molar-refractivity contribution in [3.63, 3.8) is 0 Å². The predicted molar refractivity (Wildman–Crippen MR) is 75.0 cm³/mol. The van der Waals surface area contributed by atoms with Crippen molar-refractivity contribution in [3.05, 3.63) is 22.2 Å². The van der Waals surface area contributed by atoms with Crippen LogP contribution in [0.1, 0.15) is 33.5 Å². The van der Waals surface area contributed by atoms with Crippen LogP contribution in [0.25, 0.3) is 0 Å². The lowest BCUT2D eigenvalue weighted by Gasteiger charge is -2.31. The van der Waals surface area contributed by atoms with Crippen LogP contribution in [0, 0.1) is 5.41 Å². The van der Waals surface area contributed by atoms with E-state index in [0.717, 1.165) is 31.2 Å². The zero-order valence-electron chi connectivity index (χ0n) is 11.8. The third kappa shape index (κ3) is 3.84. The van der Waals surface area contributed by atoms with Crippen LogP contribution in [0.5, 0.6) is 0 Å². The first-order valence-electron chi connectivity index (χ1n) is 6.47. The third-order valence-corrected chi connectivity index (χ3v) is 2.99. The molecule has 0 spiro atoms. The first-order chi connectivity index (χ1) is 8.41. The molecular weight excluding hydrogens is 228 g/mol. The van der Waals surface area contributed by atoms with Crippen LogP contribution in [0.15, 0.2) is 10.9 Å². The second kappa shape index (κ2) is 6.00. The molecule has 0 aromatic carbocycles. The van der Waals surface area contributed by atoms with Gasteiger partial charge in [-0.15, -0.1) is 0 Å². The van der Waals surface area contributed by atoms with Gasteiger partial charge in [-0.05, 0) is 18.9 Å². The highest BCUT2D eigenvalue weighted by Crippen LogP contribution is 2.18. The number of nitrogens with two attached hydrogens (primary N) is 1. The minimum absolute atomic E-state index is 0.00662. The topological polar surface area (TPSA) is 75.0 Å². The molecule has 1 aromatic rings. The molecule has 0 amide bonds. The van der Waals surface area contributed by atoms with Crippen molar-refractivity contribution in [1.82, 2.24) is 9.97 Å². The highest BCUT2D eigenvalue weighted by molar-refractivity contribution is 5.37. The summed E-state index contributed by atoms with van der Waals surface area (Å²) in [7, 11) is 0. The molecule has 0 atom stereocenters. The molecule has 0 saturated carbocycles. The van der Waals surface area contributed by atoms with E-state index in [-0.39, 0.29) is 11.0 Å². The number of hydrogen-bond donors (Lipinski definition) is 2. The van der Waals surface area contributed by atoms with Crippen molar-refractivity contribution in [2.24, 2.45) is 11.1 Å². The van der Waals surface area contributed by atoms with E-state index in [9.17, 15) is 4.79 Å². The number of H-pyrrole nitrogens is 1. The Kier molecular flexibility index (Phi) is 4.90. The SMILES string of the molecule is CCc1nc(N(CC)CC(C)(C)CN)cc(=O)[nH]1. The Bertz CT molecular complexity index is 439. The Balaban J connectivity index is 3.01. The highest BCUT2D eigenvalue weighted by Gasteiger charge is 2.20. The lowest BCUT2D eigenvalue weighted by molar-refractivity contribution is 0.378. The van der Waals surface area contributed by atoms with Crippen LogP contribution >= 0.6 is 0 Å². The van der Waals surface area contributed by atoms with Crippen molar-refractivity contribution in [1.29, 1.82) is 0 Å². The van der Waals surface area contributed by atoms with Crippen molar-refractivity contribution in [2.45, 2.75) is 34.1 Å². The molecule has 0 radical (unpaired) electrons. The molecule has 1 rings (SSSR count). The third-order valence-electron chi connectivity index (χ3n) is 2.99. The average molecular weight is 252 g/mol. The number of anilines is 1. The molecule has 1 heterocycles. The molecular formula is C13H24N4O. The summed E-state index contributed by atoms with van der Waals surface area (Å²) in [5, 5.41) is 0. The normalized spacial score (nSPS) is 11.6. The maximum absolute atomic E-state index is 11.6. The lowest BCUT2D eigenvalue weighted by atomic mass is 9.93. The van der Waals surface area contributed by atoms with Crippen LogP contribution < -0.4 is 16.2 Å². The lowest BCUT2D eigenvalue weighted by Crippen LogP contribution is -2.39. The summed E-state index contributed by atoms with van der Waals surface area (Å²) in [6.07, 6.45) is 0.723. The predicted octanol–water partition coefficient (Wildman–Crippen LogP) is 1.14. The number of aromatic amines is 1. The molecule has 5 nitrogen and oxygen atoms in total. The molecule has 0 aliphatic heterocycles. The van der Waals surface area contributed by atoms with E-state index in [0.29, 0.717) is 6.54 Å². The van der Waals surface area contributed by atoms with E-state index in [1.165, 1.54) is 0 Å². The number of hydrogen-bond acceptors (Lipinski definition) is 4. The summed E-state index contributed by atoms with van der Waals surface area (Å²) in [5.74, 6) is 1.46. The van der Waals surface area contributed by atoms with Gasteiger partial charge in [0.2, 0.25) is 0 Å². The van der Waals surface area contributed by atoms with Crippen LogP contribution in [-0.2, 0) is 6.42 Å². The van der Waals surface area contributed by atoms with Crippen LogP contribution in [-0.4, -0.2) is 29.6 Å². The quantitative estimate of drug-likeness (QED) is 0.796. The van der Waals surface area contributed by atoms with Gasteiger partial charge in [0.1, 0.15) is 11.6 Å². The van der Waals surface area contributed by atoms with Gasteiger partial charge in [-0.1, -0.05) is 20.8 Å². The smallest absolute Gasteiger partial charge is 0.252 e. The van der Waals surface area contributed by atoms with Crippen LogP contribution in [0.3, 0.4) is 0 Å². The van der Waals surface area contributed by atoms with Gasteiger partial charge in [0.05, 0.1) is 0 Å². The fraction of sp³-hybridized carbons (Fsp3) is 0.692. The van der Waals surface area contributed by atoms with Gasteiger partial charge < -0.3 is 15.6 Å². The summed E-state index contributed by atoms with van der Waals surface area (Å²) in [6.45, 7) is 10.5. The minimum atomic E-state index is -0.0964. The second-order valence-electron chi connectivity index (χ2n) is 5.29. The zero-order valence-corrected chi connectivity index (χ0v) is 11.8. The second-order valence-corrected chi connectivity index (χ2v) is 5.29. The number of rotatable bonds is 6. The van der Waals surface area contributed by atoms with E-state index in [1.807, 2.05) is 6.92 Å². The van der Waals surface area contributed by atoms with Gasteiger partial charge in [-0.25, -0.2) is 4.98 Å². The maximum atomic E-state index is 11.6. The van der Waals surface area contributed by atoms with Crippen molar-refractivity contribution < 1.29 is 0 Å². The minimum Gasteiger partial charge on any atom is -0.356 e. The van der Waals surface area contributed by atoms with Gasteiger partial charge >= 0.3 is 0 Å². The molecule has 0 aliphatic rings. The van der Waals surface area contributed by atoms with Crippen LogP contribution in [0.4, 0.5) is 5.82 Å². The van der Waals surface area contributed by atoms with Crippen molar-refractivity contribution >= 4 is 5.82 Å². The molecule has 0 unspecified atom stereocenters. The fourth-order valence-corrected chi connectivity index (χ4v) is 1.76. The molecule has 0 saturated heterocycles. The van der Waals surface area contributed by atoms with E-state index in [2.05, 4.69) is 35.6 Å². The Hall–Kier alpha value is -1.36. The summed E-state index contributed by atoms with van der Waals surface area (Å²) < 4.78 is 0. The van der Waals surface area contributed by atoms with Crippen molar-refractivity contribution in [2.75, 3.05) is 24.5 Å². The van der Waals surface area contributed by atoms with Gasteiger partial charge in [0, 0.05) is 25.6 Å². The largest absolute Gasteiger partial charge is 0.356 e. The fourth-order valence-electron chi connectivity index (χ4n) is 1.76. The van der Waals surface area contributed by atoms with E-state index >= 15 is 0 Å². The van der Waals surface area contributed by atoms with E-state index in [1.54, 1.807) is 6.07 Å². The number of aryl methyl sites for hydroxylation is 1. The number of nitrogens with one attached hydrogen (secondary N) is 1. The Morgan fingerprint density at radius 2 is 2.11 bits per heavy atom. The number of nitrogens with zero attached hydrogens (tertiary/aromatic N) is 2. The first-order valence-corrected chi connectivity index (χ1v) is 6.47. The molecule has 1 aromatic heterocycles. The molecule has 18 heavy (non-hydrogen) atoms. The van der Waals surface area contributed by atoms with Gasteiger partial charge in [0.15, 0.2) is 0 Å². The van der Waals surface area contributed by atoms with E-state index < -0.39 is 0 Å². The summed E-state index contributed by atoms with van der Waals surface area (Å²) in [4.78, 5) is 20.9. The van der Waals surface area contributed by atoms with Gasteiger partial charge in [-0.2, -0.15) is 0 Å². The van der Waals surface area contributed by atoms with Crippen LogP contribution in [0.2, 0.25) is 0 Å². The van der Waals surface area contributed by atoms with Crippen molar-refractivity contribution in [3.8, 4) is 0 Å². The number of aromatic nitrogens is 2. The first kappa shape index (κ1) is 14.7. The van der Waals surface area contributed by atoms with E-state index in [4.69, 9.17) is 5.73 Å². The zero-order chi connectivity index (χ0) is 13.8. The monoisotopic (exact) mass is 252 g/mol. The molecule has 0 bridgehead atoms. The molecule has 102 valence electrons. The molecule has 0 aliphatic carbocycles. The summed E-state index contributed by atoms with van der Waals surface area (Å²) >= 11 is 0. The van der Waals surface area contributed by atoms with Gasteiger partial charge in [-0.3, -0.25) is 4.79 Å². The molecule has 3 N–H and O–H groups in total. The molecule has 5 heteroatoms. The maximum Gasteiger partial charge on any atom is 0.252 e. The molecule has 0 fully saturated rings. The highest BCUT2D eigenvalue weighted by atomic mass is 16.1. The standard InChI is InChI=1S/C13H24N4O/c1-5-10-15-11(7-12(18)16-10)17(6-2)9-13(3,4)8-14/h7H,5-6,8-9,14H2,1-4H3,(H,15,16,18). The Morgan fingerprint density at radius 1 is 1.44 bits per heavy atom.